The smallest absolute Gasteiger partial charge is 0.191 e. The molecule has 1 saturated carbocycles. The van der Waals surface area contributed by atoms with E-state index in [2.05, 4.69) is 18.8 Å². The Kier molecular flexibility index (Phi) is 9.25. The molecule has 1 aromatic carbocycles. The van der Waals surface area contributed by atoms with Gasteiger partial charge in [-0.2, -0.15) is 0 Å². The zero-order chi connectivity index (χ0) is 16.7. The Labute approximate surface area is 162 Å². The molecule has 1 aliphatic rings. The van der Waals surface area contributed by atoms with Crippen LogP contribution in [0.4, 0.5) is 0 Å². The number of nitrogens with two attached hydrogens (primary N) is 1. The Hall–Kier alpha value is -1.18. The number of rotatable bonds is 7. The number of methoxy groups -OCH3 is 1. The first-order chi connectivity index (χ1) is 11.2. The summed E-state index contributed by atoms with van der Waals surface area (Å²) in [4.78, 5) is 6.51. The fraction of sp³-hybridized carbons (Fsp3) is 0.611. The monoisotopic (exact) mass is 447 g/mol. The predicted molar refractivity (Wildman–Crippen MR) is 110 cm³/mol. The van der Waals surface area contributed by atoms with Crippen LogP contribution in [0.2, 0.25) is 0 Å². The first-order valence-electron chi connectivity index (χ1n) is 8.56. The van der Waals surface area contributed by atoms with E-state index in [0.29, 0.717) is 18.6 Å². The van der Waals surface area contributed by atoms with Gasteiger partial charge in [-0.1, -0.05) is 6.07 Å². The first kappa shape index (κ1) is 20.9. The van der Waals surface area contributed by atoms with Gasteiger partial charge in [-0.25, -0.2) is 4.99 Å². The second-order valence-corrected chi connectivity index (χ2v) is 5.86. The van der Waals surface area contributed by atoms with Crippen LogP contribution in [0, 0.1) is 0 Å². The van der Waals surface area contributed by atoms with Crippen molar-refractivity contribution in [3.05, 3.63) is 23.8 Å². The van der Waals surface area contributed by atoms with Crippen LogP contribution >= 0.6 is 24.0 Å². The predicted octanol–water partition coefficient (Wildman–Crippen LogP) is 3.79. The molecule has 5 nitrogen and oxygen atoms in total. The van der Waals surface area contributed by atoms with E-state index in [-0.39, 0.29) is 24.0 Å². The van der Waals surface area contributed by atoms with Gasteiger partial charge in [-0.15, -0.1) is 24.0 Å². The topological polar surface area (TPSA) is 60.1 Å². The average Bonchev–Trinajstić information content (AvgIpc) is 3.08. The number of hydrogen-bond acceptors (Lipinski definition) is 3. The zero-order valence-electron chi connectivity index (χ0n) is 15.0. The molecule has 136 valence electrons. The van der Waals surface area contributed by atoms with Gasteiger partial charge in [0.1, 0.15) is 0 Å². The third kappa shape index (κ3) is 5.72. The molecule has 1 fully saturated rings. The molecule has 0 unspecified atom stereocenters. The van der Waals surface area contributed by atoms with Crippen molar-refractivity contribution >= 4 is 29.9 Å². The van der Waals surface area contributed by atoms with E-state index in [4.69, 9.17) is 15.2 Å². The molecule has 0 bridgehead atoms. The van der Waals surface area contributed by atoms with Crippen LogP contribution in [0.25, 0.3) is 0 Å². The zero-order valence-corrected chi connectivity index (χ0v) is 17.3. The van der Waals surface area contributed by atoms with Crippen LogP contribution < -0.4 is 15.2 Å². The molecule has 6 heteroatoms. The molecule has 0 heterocycles. The number of hydrogen-bond donors (Lipinski definition) is 1. The van der Waals surface area contributed by atoms with Crippen LogP contribution in [0.5, 0.6) is 11.5 Å². The fourth-order valence-electron chi connectivity index (χ4n) is 2.91. The van der Waals surface area contributed by atoms with Gasteiger partial charge in [-0.3, -0.25) is 0 Å². The minimum absolute atomic E-state index is 0. The second kappa shape index (κ2) is 10.6. The maximum absolute atomic E-state index is 6.06. The van der Waals surface area contributed by atoms with Crippen molar-refractivity contribution in [1.29, 1.82) is 0 Å². The Balaban J connectivity index is 0.00000288. The highest BCUT2D eigenvalue weighted by Gasteiger charge is 2.18. The molecule has 2 N–H and O–H groups in total. The molecule has 1 aliphatic carbocycles. The highest BCUT2D eigenvalue weighted by Crippen LogP contribution is 2.32. The summed E-state index contributed by atoms with van der Waals surface area (Å²) in [6.45, 7) is 6.42. The quantitative estimate of drug-likeness (QED) is 0.393. The van der Waals surface area contributed by atoms with Gasteiger partial charge in [0.05, 0.1) is 19.8 Å². The Bertz CT molecular complexity index is 527. The lowest BCUT2D eigenvalue weighted by atomic mass is 10.2. The normalized spacial score (nSPS) is 15.0. The van der Waals surface area contributed by atoms with E-state index in [9.17, 15) is 0 Å². The van der Waals surface area contributed by atoms with E-state index in [0.717, 1.165) is 43.0 Å². The largest absolute Gasteiger partial charge is 0.493 e. The van der Waals surface area contributed by atoms with Crippen molar-refractivity contribution in [1.82, 2.24) is 4.90 Å². The number of nitrogens with zero attached hydrogens (tertiary/aromatic N) is 2. The minimum Gasteiger partial charge on any atom is -0.493 e. The van der Waals surface area contributed by atoms with Crippen LogP contribution in [-0.2, 0) is 6.54 Å². The summed E-state index contributed by atoms with van der Waals surface area (Å²) in [6.07, 6.45) is 5.10. The van der Waals surface area contributed by atoms with E-state index in [1.807, 2.05) is 23.1 Å². The summed E-state index contributed by atoms with van der Waals surface area (Å²) in [5.41, 5.74) is 7.08. The van der Waals surface area contributed by atoms with Gasteiger partial charge in [0.2, 0.25) is 0 Å². The van der Waals surface area contributed by atoms with E-state index < -0.39 is 0 Å². The summed E-state index contributed by atoms with van der Waals surface area (Å²) < 4.78 is 11.5. The second-order valence-electron chi connectivity index (χ2n) is 5.86. The minimum atomic E-state index is 0. The van der Waals surface area contributed by atoms with E-state index in [1.165, 1.54) is 12.8 Å². The number of benzene rings is 1. The lowest BCUT2D eigenvalue weighted by Crippen LogP contribution is -2.37. The van der Waals surface area contributed by atoms with Crippen LogP contribution in [0.3, 0.4) is 0 Å². The first-order valence-corrected chi connectivity index (χ1v) is 8.56. The highest BCUT2D eigenvalue weighted by atomic mass is 127. The van der Waals surface area contributed by atoms with E-state index in [1.54, 1.807) is 7.11 Å². The highest BCUT2D eigenvalue weighted by molar-refractivity contribution is 14.0. The van der Waals surface area contributed by atoms with Crippen molar-refractivity contribution < 1.29 is 9.47 Å². The lowest BCUT2D eigenvalue weighted by Gasteiger charge is -2.19. The number of guanidine groups is 1. The molecular weight excluding hydrogens is 417 g/mol. The van der Waals surface area contributed by atoms with E-state index >= 15 is 0 Å². The standard InChI is InChI=1S/C18H29N3O2.HI/c1-4-21(5-2)18(19)20-13-14-10-11-16(17(12-14)22-3)23-15-8-6-7-9-15;/h10-12,15H,4-9,13H2,1-3H3,(H2,19,20);1H. The molecule has 1 aromatic rings. The molecule has 0 radical (unpaired) electrons. The molecular formula is C18H30IN3O2. The SMILES string of the molecule is CCN(CC)C(N)=NCc1ccc(OC2CCCC2)c(OC)c1.I. The lowest BCUT2D eigenvalue weighted by molar-refractivity contribution is 0.200. The van der Waals surface area contributed by atoms with Gasteiger partial charge in [0.15, 0.2) is 17.5 Å². The number of halogens is 1. The average molecular weight is 447 g/mol. The maximum Gasteiger partial charge on any atom is 0.191 e. The third-order valence-electron chi connectivity index (χ3n) is 4.33. The molecule has 0 saturated heterocycles. The summed E-state index contributed by atoms with van der Waals surface area (Å²) in [7, 11) is 1.67. The van der Waals surface area contributed by atoms with Gasteiger partial charge in [0.25, 0.3) is 0 Å². The summed E-state index contributed by atoms with van der Waals surface area (Å²) in [5.74, 6) is 2.18. The van der Waals surface area contributed by atoms with Crippen molar-refractivity contribution in [2.24, 2.45) is 10.7 Å². The van der Waals surface area contributed by atoms with Crippen LogP contribution in [-0.4, -0.2) is 37.2 Å². The Morgan fingerprint density at radius 3 is 2.46 bits per heavy atom. The molecule has 2 rings (SSSR count). The van der Waals surface area contributed by atoms with Crippen molar-refractivity contribution in [3.8, 4) is 11.5 Å². The summed E-state index contributed by atoms with van der Waals surface area (Å²) in [5, 5.41) is 0. The number of ether oxygens (including phenoxy) is 2. The maximum atomic E-state index is 6.06. The third-order valence-corrected chi connectivity index (χ3v) is 4.33. The van der Waals surface area contributed by atoms with Crippen LogP contribution in [0.15, 0.2) is 23.2 Å². The van der Waals surface area contributed by atoms with Crippen LogP contribution in [0.1, 0.15) is 45.1 Å². The van der Waals surface area contributed by atoms with Crippen molar-refractivity contribution in [2.75, 3.05) is 20.2 Å². The summed E-state index contributed by atoms with van der Waals surface area (Å²) in [6, 6.07) is 6.00. The van der Waals surface area contributed by atoms with Gasteiger partial charge < -0.3 is 20.1 Å². The molecule has 0 atom stereocenters. The van der Waals surface area contributed by atoms with Gasteiger partial charge in [-0.05, 0) is 57.2 Å². The Morgan fingerprint density at radius 2 is 1.88 bits per heavy atom. The molecule has 0 aromatic heterocycles. The molecule has 0 amide bonds. The fourth-order valence-corrected chi connectivity index (χ4v) is 2.91. The molecule has 24 heavy (non-hydrogen) atoms. The molecule has 0 aliphatic heterocycles. The van der Waals surface area contributed by atoms with Gasteiger partial charge in [0, 0.05) is 13.1 Å². The van der Waals surface area contributed by atoms with Gasteiger partial charge >= 0.3 is 0 Å². The van der Waals surface area contributed by atoms with Crippen molar-refractivity contribution in [3.63, 3.8) is 0 Å². The van der Waals surface area contributed by atoms with Crippen molar-refractivity contribution in [2.45, 2.75) is 52.2 Å². The molecule has 0 spiro atoms. The summed E-state index contributed by atoms with van der Waals surface area (Å²) >= 11 is 0. The Morgan fingerprint density at radius 1 is 1.21 bits per heavy atom. The number of aliphatic imine (C=N–C) groups is 1.